The molecular weight excluding hydrogens is 292 g/mol. The van der Waals surface area contributed by atoms with Crippen LogP contribution in [0.5, 0.6) is 5.75 Å². The predicted octanol–water partition coefficient (Wildman–Crippen LogP) is 0.742. The third-order valence-electron chi connectivity index (χ3n) is 3.23. The Balaban J connectivity index is 1.90. The van der Waals surface area contributed by atoms with Crippen LogP contribution in [0, 0.1) is 0 Å². The maximum absolute atomic E-state index is 12.2. The minimum atomic E-state index is -3.49. The summed E-state index contributed by atoms with van der Waals surface area (Å²) in [6.45, 7) is 2.53. The number of ether oxygens (including phenoxy) is 2. The van der Waals surface area contributed by atoms with Crippen LogP contribution < -0.4 is 14.8 Å². The average molecular weight is 314 g/mol. The fourth-order valence-electron chi connectivity index (χ4n) is 2.07. The highest BCUT2D eigenvalue weighted by Gasteiger charge is 2.23. The van der Waals surface area contributed by atoms with Crippen molar-refractivity contribution in [2.24, 2.45) is 0 Å². The molecule has 2 rings (SSSR count). The molecule has 1 aliphatic heterocycles. The second-order valence-corrected chi connectivity index (χ2v) is 6.67. The molecule has 2 N–H and O–H groups in total. The highest BCUT2D eigenvalue weighted by molar-refractivity contribution is 7.89. The molecule has 118 valence electrons. The summed E-state index contributed by atoms with van der Waals surface area (Å²) in [5, 5.41) is 3.04. The lowest BCUT2D eigenvalue weighted by molar-refractivity contribution is 0.192. The number of rotatable bonds is 8. The highest BCUT2D eigenvalue weighted by atomic mass is 32.2. The molecule has 1 heterocycles. The van der Waals surface area contributed by atoms with Crippen molar-refractivity contribution in [2.75, 3.05) is 33.4 Å². The average Bonchev–Trinajstić information content (AvgIpc) is 2.96. The zero-order valence-corrected chi connectivity index (χ0v) is 13.0. The molecule has 1 fully saturated rings. The fourth-order valence-corrected chi connectivity index (χ4v) is 3.32. The third-order valence-corrected chi connectivity index (χ3v) is 4.76. The maximum atomic E-state index is 12.2. The van der Waals surface area contributed by atoms with Crippen molar-refractivity contribution >= 4 is 10.0 Å². The SMILES string of the molecule is CNCCCOc1ccc(S(=O)(=O)NC2CCOC2)cc1. The Morgan fingerprint density at radius 2 is 2.10 bits per heavy atom. The van der Waals surface area contributed by atoms with Crippen molar-refractivity contribution in [1.82, 2.24) is 10.0 Å². The van der Waals surface area contributed by atoms with Crippen LogP contribution in [0.4, 0.5) is 0 Å². The largest absolute Gasteiger partial charge is 0.494 e. The Bertz CT molecular complexity index is 524. The lowest BCUT2D eigenvalue weighted by Crippen LogP contribution is -2.34. The monoisotopic (exact) mass is 314 g/mol. The van der Waals surface area contributed by atoms with Gasteiger partial charge >= 0.3 is 0 Å². The van der Waals surface area contributed by atoms with Crippen molar-refractivity contribution in [3.05, 3.63) is 24.3 Å². The molecule has 21 heavy (non-hydrogen) atoms. The van der Waals surface area contributed by atoms with E-state index in [-0.39, 0.29) is 10.9 Å². The smallest absolute Gasteiger partial charge is 0.240 e. The number of nitrogens with one attached hydrogen (secondary N) is 2. The Morgan fingerprint density at radius 3 is 2.71 bits per heavy atom. The molecule has 1 aromatic rings. The molecular formula is C14H22N2O4S. The molecule has 0 bridgehead atoms. The van der Waals surface area contributed by atoms with Crippen molar-refractivity contribution in [2.45, 2.75) is 23.8 Å². The normalized spacial score (nSPS) is 18.8. The van der Waals surface area contributed by atoms with Gasteiger partial charge in [-0.3, -0.25) is 0 Å². The van der Waals surface area contributed by atoms with E-state index in [1.165, 1.54) is 0 Å². The second kappa shape index (κ2) is 7.74. The van der Waals surface area contributed by atoms with E-state index in [0.29, 0.717) is 32.0 Å². The molecule has 0 aromatic heterocycles. The summed E-state index contributed by atoms with van der Waals surface area (Å²) in [6, 6.07) is 6.35. The van der Waals surface area contributed by atoms with E-state index in [2.05, 4.69) is 10.0 Å². The first-order valence-electron chi connectivity index (χ1n) is 7.09. The van der Waals surface area contributed by atoms with Crippen LogP contribution >= 0.6 is 0 Å². The molecule has 0 spiro atoms. The lowest BCUT2D eigenvalue weighted by Gasteiger charge is -2.12. The van der Waals surface area contributed by atoms with Crippen LogP contribution in [0.3, 0.4) is 0 Å². The molecule has 0 radical (unpaired) electrons. The Hall–Kier alpha value is -1.15. The van der Waals surface area contributed by atoms with E-state index in [9.17, 15) is 8.42 Å². The second-order valence-electron chi connectivity index (χ2n) is 4.96. The van der Waals surface area contributed by atoms with Crippen LogP contribution in [0.2, 0.25) is 0 Å². The summed E-state index contributed by atoms with van der Waals surface area (Å²) in [7, 11) is -1.59. The number of sulfonamides is 1. The van der Waals surface area contributed by atoms with Gasteiger partial charge in [-0.2, -0.15) is 0 Å². The summed E-state index contributed by atoms with van der Waals surface area (Å²) in [6.07, 6.45) is 1.62. The predicted molar refractivity (Wildman–Crippen MR) is 80.0 cm³/mol. The topological polar surface area (TPSA) is 76.7 Å². The number of hydrogen-bond acceptors (Lipinski definition) is 5. The zero-order valence-electron chi connectivity index (χ0n) is 12.2. The maximum Gasteiger partial charge on any atom is 0.240 e. The molecule has 0 amide bonds. The summed E-state index contributed by atoms with van der Waals surface area (Å²) in [5.41, 5.74) is 0. The summed E-state index contributed by atoms with van der Waals surface area (Å²) < 4.78 is 37.7. The summed E-state index contributed by atoms with van der Waals surface area (Å²) in [5.74, 6) is 0.675. The van der Waals surface area contributed by atoms with Gasteiger partial charge in [0.05, 0.1) is 18.1 Å². The van der Waals surface area contributed by atoms with Crippen LogP contribution in [0.25, 0.3) is 0 Å². The van der Waals surface area contributed by atoms with E-state index in [1.807, 2.05) is 7.05 Å². The van der Waals surface area contributed by atoms with Gasteiger partial charge in [-0.25, -0.2) is 13.1 Å². The van der Waals surface area contributed by atoms with Crippen molar-refractivity contribution in [3.8, 4) is 5.75 Å². The van der Waals surface area contributed by atoms with Gasteiger partial charge in [0.15, 0.2) is 0 Å². The standard InChI is InChI=1S/C14H22N2O4S/c1-15-8-2-9-20-13-3-5-14(6-4-13)21(17,18)16-12-7-10-19-11-12/h3-6,12,15-16H,2,7-11H2,1H3. The molecule has 0 saturated carbocycles. The Labute approximate surface area is 125 Å². The number of benzene rings is 1. The van der Waals surface area contributed by atoms with E-state index < -0.39 is 10.0 Å². The first-order valence-corrected chi connectivity index (χ1v) is 8.57. The minimum Gasteiger partial charge on any atom is -0.494 e. The van der Waals surface area contributed by atoms with E-state index in [4.69, 9.17) is 9.47 Å². The summed E-state index contributed by atoms with van der Waals surface area (Å²) >= 11 is 0. The van der Waals surface area contributed by atoms with Gasteiger partial charge in [0, 0.05) is 12.6 Å². The van der Waals surface area contributed by atoms with Gasteiger partial charge in [-0.05, 0) is 50.7 Å². The lowest BCUT2D eigenvalue weighted by atomic mass is 10.3. The van der Waals surface area contributed by atoms with E-state index in [0.717, 1.165) is 13.0 Å². The summed E-state index contributed by atoms with van der Waals surface area (Å²) in [4.78, 5) is 0.247. The molecule has 7 heteroatoms. The quantitative estimate of drug-likeness (QED) is 0.692. The molecule has 0 aliphatic carbocycles. The van der Waals surface area contributed by atoms with Gasteiger partial charge in [0.1, 0.15) is 5.75 Å². The zero-order chi connectivity index (χ0) is 15.1. The highest BCUT2D eigenvalue weighted by Crippen LogP contribution is 2.17. The van der Waals surface area contributed by atoms with Crippen molar-refractivity contribution in [1.29, 1.82) is 0 Å². The van der Waals surface area contributed by atoms with Gasteiger partial charge in [-0.15, -0.1) is 0 Å². The minimum absolute atomic E-state index is 0.132. The Morgan fingerprint density at radius 1 is 1.33 bits per heavy atom. The van der Waals surface area contributed by atoms with Gasteiger partial charge in [0.2, 0.25) is 10.0 Å². The van der Waals surface area contributed by atoms with Crippen LogP contribution in [0.15, 0.2) is 29.2 Å². The van der Waals surface area contributed by atoms with E-state index in [1.54, 1.807) is 24.3 Å². The molecule has 1 unspecified atom stereocenters. The first kappa shape index (κ1) is 16.2. The molecule has 1 aromatic carbocycles. The molecule has 1 saturated heterocycles. The van der Waals surface area contributed by atoms with Crippen LogP contribution in [-0.2, 0) is 14.8 Å². The Kier molecular flexibility index (Phi) is 5.98. The van der Waals surface area contributed by atoms with Crippen LogP contribution in [0.1, 0.15) is 12.8 Å². The molecule has 6 nitrogen and oxygen atoms in total. The fraction of sp³-hybridized carbons (Fsp3) is 0.571. The first-order chi connectivity index (χ1) is 10.1. The van der Waals surface area contributed by atoms with E-state index >= 15 is 0 Å². The van der Waals surface area contributed by atoms with Gasteiger partial charge < -0.3 is 14.8 Å². The van der Waals surface area contributed by atoms with Crippen molar-refractivity contribution in [3.63, 3.8) is 0 Å². The van der Waals surface area contributed by atoms with Crippen LogP contribution in [-0.4, -0.2) is 47.9 Å². The third kappa shape index (κ3) is 4.96. The number of hydrogen-bond donors (Lipinski definition) is 2. The van der Waals surface area contributed by atoms with Gasteiger partial charge in [-0.1, -0.05) is 0 Å². The van der Waals surface area contributed by atoms with Gasteiger partial charge in [0.25, 0.3) is 0 Å². The molecule has 1 atom stereocenters. The van der Waals surface area contributed by atoms with Crippen molar-refractivity contribution < 1.29 is 17.9 Å². The molecule has 1 aliphatic rings.